The third-order valence-electron chi connectivity index (χ3n) is 3.58. The number of rotatable bonds is 3. The molecule has 0 saturated heterocycles. The summed E-state index contributed by atoms with van der Waals surface area (Å²) in [5, 5.41) is 0.429. The minimum absolute atomic E-state index is 0.0214. The number of hydrogen-bond acceptors (Lipinski definition) is 2. The predicted octanol–water partition coefficient (Wildman–Crippen LogP) is 3.18. The first-order valence-electron chi connectivity index (χ1n) is 6.38. The fourth-order valence-corrected chi connectivity index (χ4v) is 2.84. The van der Waals surface area contributed by atoms with Crippen LogP contribution in [0.3, 0.4) is 0 Å². The number of halogens is 1. The van der Waals surface area contributed by atoms with Crippen molar-refractivity contribution in [1.82, 2.24) is 4.90 Å². The van der Waals surface area contributed by atoms with Gasteiger partial charge in [-0.1, -0.05) is 24.4 Å². The molecule has 0 heterocycles. The summed E-state index contributed by atoms with van der Waals surface area (Å²) in [6.07, 6.45) is 5.03. The van der Waals surface area contributed by atoms with Gasteiger partial charge in [0.2, 0.25) is 0 Å². The Labute approximate surface area is 113 Å². The fraction of sp³-hybridized carbons (Fsp3) is 0.500. The molecule has 1 aliphatic rings. The van der Waals surface area contributed by atoms with Crippen molar-refractivity contribution in [2.45, 2.75) is 25.7 Å². The van der Waals surface area contributed by atoms with Crippen LogP contribution in [-0.4, -0.2) is 24.4 Å². The highest BCUT2D eigenvalue weighted by Crippen LogP contribution is 2.26. The summed E-state index contributed by atoms with van der Waals surface area (Å²) in [6.45, 7) is 0.819. The molecule has 1 saturated carbocycles. The van der Waals surface area contributed by atoms with E-state index >= 15 is 0 Å². The second-order valence-corrected chi connectivity index (χ2v) is 5.48. The first-order chi connectivity index (χ1) is 8.58. The van der Waals surface area contributed by atoms with Gasteiger partial charge in [-0.05, 0) is 37.0 Å². The van der Waals surface area contributed by atoms with Gasteiger partial charge >= 0.3 is 0 Å². The summed E-state index contributed by atoms with van der Waals surface area (Å²) in [5.41, 5.74) is 6.74. The maximum absolute atomic E-state index is 12.3. The number of nitrogen functional groups attached to an aromatic ring is 1. The lowest BCUT2D eigenvalue weighted by molar-refractivity contribution is 0.0773. The van der Waals surface area contributed by atoms with E-state index in [0.29, 0.717) is 22.2 Å². The van der Waals surface area contributed by atoms with E-state index in [4.69, 9.17) is 17.3 Å². The molecule has 0 atom stereocenters. The average Bonchev–Trinajstić information content (AvgIpc) is 2.81. The van der Waals surface area contributed by atoms with Gasteiger partial charge in [0.05, 0.1) is 10.6 Å². The molecule has 0 bridgehead atoms. The standard InChI is InChI=1S/C14H19ClN2O/c1-17(9-10-4-2-3-5-10)14(18)12-7-6-11(16)8-13(12)15/h6-8,10H,2-5,9,16H2,1H3. The molecule has 1 aliphatic carbocycles. The zero-order valence-electron chi connectivity index (χ0n) is 10.7. The first-order valence-corrected chi connectivity index (χ1v) is 6.76. The highest BCUT2D eigenvalue weighted by molar-refractivity contribution is 6.34. The van der Waals surface area contributed by atoms with Gasteiger partial charge in [0.15, 0.2) is 0 Å². The number of carbonyl (C=O) groups is 1. The number of hydrogen-bond donors (Lipinski definition) is 1. The largest absolute Gasteiger partial charge is 0.399 e. The van der Waals surface area contributed by atoms with Crippen LogP contribution < -0.4 is 5.73 Å². The zero-order chi connectivity index (χ0) is 13.1. The average molecular weight is 267 g/mol. The van der Waals surface area contributed by atoms with Crippen molar-refractivity contribution in [2.24, 2.45) is 5.92 Å². The molecule has 0 aromatic heterocycles. The van der Waals surface area contributed by atoms with Crippen molar-refractivity contribution in [3.8, 4) is 0 Å². The third-order valence-corrected chi connectivity index (χ3v) is 3.89. The number of anilines is 1. The quantitative estimate of drug-likeness (QED) is 0.854. The topological polar surface area (TPSA) is 46.3 Å². The van der Waals surface area contributed by atoms with E-state index in [-0.39, 0.29) is 5.91 Å². The predicted molar refractivity (Wildman–Crippen MR) is 74.8 cm³/mol. The van der Waals surface area contributed by atoms with E-state index < -0.39 is 0 Å². The summed E-state index contributed by atoms with van der Waals surface area (Å²) < 4.78 is 0. The summed E-state index contributed by atoms with van der Waals surface area (Å²) in [5.74, 6) is 0.624. The highest BCUT2D eigenvalue weighted by atomic mass is 35.5. The molecule has 1 aromatic carbocycles. The van der Waals surface area contributed by atoms with Crippen molar-refractivity contribution in [3.63, 3.8) is 0 Å². The van der Waals surface area contributed by atoms with Crippen LogP contribution in [0.4, 0.5) is 5.69 Å². The summed E-state index contributed by atoms with van der Waals surface area (Å²) >= 11 is 6.06. The second-order valence-electron chi connectivity index (χ2n) is 5.08. The molecule has 0 unspecified atom stereocenters. The van der Waals surface area contributed by atoms with Gasteiger partial charge in [0.1, 0.15) is 0 Å². The molecular formula is C14H19ClN2O. The third kappa shape index (κ3) is 2.96. The minimum Gasteiger partial charge on any atom is -0.399 e. The summed E-state index contributed by atoms with van der Waals surface area (Å²) in [4.78, 5) is 14.0. The molecule has 3 nitrogen and oxygen atoms in total. The van der Waals surface area contributed by atoms with Gasteiger partial charge in [0, 0.05) is 19.3 Å². The smallest absolute Gasteiger partial charge is 0.255 e. The van der Waals surface area contributed by atoms with Crippen molar-refractivity contribution < 1.29 is 4.79 Å². The number of amides is 1. The molecule has 0 radical (unpaired) electrons. The van der Waals surface area contributed by atoms with Gasteiger partial charge in [-0.25, -0.2) is 0 Å². The molecule has 18 heavy (non-hydrogen) atoms. The molecule has 0 aliphatic heterocycles. The van der Waals surface area contributed by atoms with Crippen LogP contribution in [0.2, 0.25) is 5.02 Å². The lowest BCUT2D eigenvalue weighted by Crippen LogP contribution is -2.31. The van der Waals surface area contributed by atoms with Crippen molar-refractivity contribution in [3.05, 3.63) is 28.8 Å². The Morgan fingerprint density at radius 3 is 2.72 bits per heavy atom. The maximum atomic E-state index is 12.3. The number of nitrogens with zero attached hydrogens (tertiary/aromatic N) is 1. The van der Waals surface area contributed by atoms with E-state index in [2.05, 4.69) is 0 Å². The molecule has 2 rings (SSSR count). The molecule has 1 amide bonds. The Morgan fingerprint density at radius 1 is 1.44 bits per heavy atom. The molecule has 2 N–H and O–H groups in total. The van der Waals surface area contributed by atoms with Crippen LogP contribution in [0.1, 0.15) is 36.0 Å². The van der Waals surface area contributed by atoms with E-state index in [1.807, 2.05) is 7.05 Å². The van der Waals surface area contributed by atoms with Crippen molar-refractivity contribution in [1.29, 1.82) is 0 Å². The van der Waals surface area contributed by atoms with Gasteiger partial charge < -0.3 is 10.6 Å². The zero-order valence-corrected chi connectivity index (χ0v) is 11.4. The molecular weight excluding hydrogens is 248 g/mol. The lowest BCUT2D eigenvalue weighted by Gasteiger charge is -2.21. The van der Waals surface area contributed by atoms with Crippen molar-refractivity contribution in [2.75, 3.05) is 19.3 Å². The normalized spacial score (nSPS) is 15.9. The van der Waals surface area contributed by atoms with Gasteiger partial charge in [-0.15, -0.1) is 0 Å². The Balaban J connectivity index is 2.05. The van der Waals surface area contributed by atoms with Crippen LogP contribution >= 0.6 is 11.6 Å². The van der Waals surface area contributed by atoms with E-state index in [0.717, 1.165) is 6.54 Å². The maximum Gasteiger partial charge on any atom is 0.255 e. The van der Waals surface area contributed by atoms with Crippen LogP contribution in [0, 0.1) is 5.92 Å². The lowest BCUT2D eigenvalue weighted by atomic mass is 10.1. The van der Waals surface area contributed by atoms with Gasteiger partial charge in [0.25, 0.3) is 5.91 Å². The first kappa shape index (κ1) is 13.2. The molecule has 4 heteroatoms. The molecule has 98 valence electrons. The van der Waals surface area contributed by atoms with Gasteiger partial charge in [-0.2, -0.15) is 0 Å². The summed E-state index contributed by atoms with van der Waals surface area (Å²) in [6, 6.07) is 5.03. The Hall–Kier alpha value is -1.22. The van der Waals surface area contributed by atoms with Gasteiger partial charge in [-0.3, -0.25) is 4.79 Å². The monoisotopic (exact) mass is 266 g/mol. The molecule has 1 fully saturated rings. The number of carbonyl (C=O) groups excluding carboxylic acids is 1. The molecule has 1 aromatic rings. The van der Waals surface area contributed by atoms with E-state index in [1.165, 1.54) is 25.7 Å². The fourth-order valence-electron chi connectivity index (χ4n) is 2.57. The SMILES string of the molecule is CN(CC1CCCC1)C(=O)c1ccc(N)cc1Cl. The Kier molecular flexibility index (Phi) is 4.12. The molecule has 0 spiro atoms. The Bertz CT molecular complexity index is 441. The van der Waals surface area contributed by atoms with Crippen molar-refractivity contribution >= 4 is 23.2 Å². The van der Waals surface area contributed by atoms with Crippen LogP contribution in [-0.2, 0) is 0 Å². The Morgan fingerprint density at radius 2 is 2.11 bits per heavy atom. The van der Waals surface area contributed by atoms with E-state index in [9.17, 15) is 4.79 Å². The highest BCUT2D eigenvalue weighted by Gasteiger charge is 2.21. The van der Waals surface area contributed by atoms with Crippen LogP contribution in [0.25, 0.3) is 0 Å². The minimum atomic E-state index is -0.0214. The van der Waals surface area contributed by atoms with E-state index in [1.54, 1.807) is 23.1 Å². The second kappa shape index (κ2) is 5.61. The van der Waals surface area contributed by atoms with Crippen LogP contribution in [0.5, 0.6) is 0 Å². The number of nitrogens with two attached hydrogens (primary N) is 1. The van der Waals surface area contributed by atoms with Crippen LogP contribution in [0.15, 0.2) is 18.2 Å². The number of benzene rings is 1. The summed E-state index contributed by atoms with van der Waals surface area (Å²) in [7, 11) is 1.84.